The molecule has 0 saturated carbocycles. The van der Waals surface area contributed by atoms with Crippen molar-refractivity contribution in [1.82, 2.24) is 15.5 Å². The Morgan fingerprint density at radius 1 is 1.03 bits per heavy atom. The molecule has 0 bridgehead atoms. The molecular formula is C26H41N3O6. The smallest absolute Gasteiger partial charge is 0.408 e. The molecule has 0 aromatic heterocycles. The van der Waals surface area contributed by atoms with Crippen LogP contribution in [-0.2, 0) is 23.9 Å². The summed E-state index contributed by atoms with van der Waals surface area (Å²) in [5.74, 6) is -1.53. The van der Waals surface area contributed by atoms with Crippen LogP contribution in [0.3, 0.4) is 0 Å². The highest BCUT2D eigenvalue weighted by atomic mass is 16.6. The van der Waals surface area contributed by atoms with E-state index in [-0.39, 0.29) is 6.54 Å². The normalized spacial score (nSPS) is 12.8. The van der Waals surface area contributed by atoms with Crippen LogP contribution in [0.2, 0.25) is 0 Å². The highest BCUT2D eigenvalue weighted by Crippen LogP contribution is 2.24. The predicted molar refractivity (Wildman–Crippen MR) is 134 cm³/mol. The molecule has 0 saturated heterocycles. The summed E-state index contributed by atoms with van der Waals surface area (Å²) < 4.78 is 9.91. The predicted octanol–water partition coefficient (Wildman–Crippen LogP) is 3.65. The van der Waals surface area contributed by atoms with Crippen molar-refractivity contribution in [2.75, 3.05) is 20.2 Å². The van der Waals surface area contributed by atoms with Crippen LogP contribution in [0.5, 0.6) is 0 Å². The Morgan fingerprint density at radius 3 is 2.20 bits per heavy atom. The number of hydrogen-bond acceptors (Lipinski definition) is 6. The van der Waals surface area contributed by atoms with Crippen molar-refractivity contribution in [3.8, 4) is 0 Å². The number of amides is 3. The number of ether oxygens (including phenoxy) is 2. The van der Waals surface area contributed by atoms with Crippen LogP contribution >= 0.6 is 0 Å². The van der Waals surface area contributed by atoms with Gasteiger partial charge in [-0.1, -0.05) is 56.0 Å². The van der Waals surface area contributed by atoms with Gasteiger partial charge in [-0.15, -0.1) is 0 Å². The van der Waals surface area contributed by atoms with Gasteiger partial charge in [0.2, 0.25) is 11.8 Å². The minimum absolute atomic E-state index is 0.309. The molecule has 2 atom stereocenters. The number of carbonyl (C=O) groups excluding carboxylic acids is 4. The van der Waals surface area contributed by atoms with E-state index in [1.54, 1.807) is 39.8 Å². The van der Waals surface area contributed by atoms with Gasteiger partial charge in [0.15, 0.2) is 0 Å². The van der Waals surface area contributed by atoms with Gasteiger partial charge in [-0.3, -0.25) is 14.4 Å². The minimum Gasteiger partial charge on any atom is -0.468 e. The van der Waals surface area contributed by atoms with E-state index in [9.17, 15) is 19.2 Å². The van der Waals surface area contributed by atoms with E-state index < -0.39 is 41.6 Å². The number of nitrogens with zero attached hydrogens (tertiary/aromatic N) is 1. The lowest BCUT2D eigenvalue weighted by Gasteiger charge is -2.33. The summed E-state index contributed by atoms with van der Waals surface area (Å²) in [4.78, 5) is 52.2. The lowest BCUT2D eigenvalue weighted by molar-refractivity contribution is -0.144. The maximum Gasteiger partial charge on any atom is 0.408 e. The summed E-state index contributed by atoms with van der Waals surface area (Å²) in [5.41, 5.74) is 0.889. The molecule has 0 aliphatic rings. The number of unbranched alkanes of at least 4 members (excludes halogenated alkanes) is 3. The van der Waals surface area contributed by atoms with E-state index in [4.69, 9.17) is 4.74 Å². The molecule has 0 heterocycles. The molecule has 0 spiro atoms. The van der Waals surface area contributed by atoms with Crippen LogP contribution in [0.15, 0.2) is 24.3 Å². The van der Waals surface area contributed by atoms with Crippen LogP contribution in [-0.4, -0.2) is 60.6 Å². The number of nitrogens with one attached hydrogen (secondary N) is 2. The molecule has 9 nitrogen and oxygen atoms in total. The standard InChI is InChI=1S/C26H41N3O6/c1-8-9-10-11-16-29(24(32)19(3)28-25(33)35-26(4,5)6)22(20-14-12-18(2)13-15-20)23(31)27-17-21(30)34-7/h12-15,19,22H,8-11,16-17H2,1-7H3,(H,27,31)(H,28,33). The van der Waals surface area contributed by atoms with Crippen LogP contribution in [0.25, 0.3) is 0 Å². The van der Waals surface area contributed by atoms with Crippen molar-refractivity contribution in [1.29, 1.82) is 0 Å². The molecular weight excluding hydrogens is 450 g/mol. The quantitative estimate of drug-likeness (QED) is 0.341. The van der Waals surface area contributed by atoms with E-state index in [1.807, 2.05) is 19.1 Å². The summed E-state index contributed by atoms with van der Waals surface area (Å²) >= 11 is 0. The Kier molecular flexibility index (Phi) is 12.3. The minimum atomic E-state index is -0.989. The van der Waals surface area contributed by atoms with Gasteiger partial charge in [-0.2, -0.15) is 0 Å². The first-order valence-electron chi connectivity index (χ1n) is 12.1. The maximum atomic E-state index is 13.6. The molecule has 0 radical (unpaired) electrons. The number of rotatable bonds is 12. The molecule has 2 N–H and O–H groups in total. The van der Waals surface area contributed by atoms with Crippen molar-refractivity contribution in [2.24, 2.45) is 0 Å². The molecule has 3 amide bonds. The second kappa shape index (κ2) is 14.3. The zero-order valence-electron chi connectivity index (χ0n) is 22.1. The summed E-state index contributed by atoms with van der Waals surface area (Å²) in [5, 5.41) is 5.15. The summed E-state index contributed by atoms with van der Waals surface area (Å²) in [7, 11) is 1.24. The Bertz CT molecular complexity index is 848. The van der Waals surface area contributed by atoms with Crippen LogP contribution < -0.4 is 10.6 Å². The van der Waals surface area contributed by atoms with Crippen LogP contribution in [0, 0.1) is 6.92 Å². The van der Waals surface area contributed by atoms with Gasteiger partial charge in [-0.25, -0.2) is 4.79 Å². The zero-order chi connectivity index (χ0) is 26.6. The molecule has 1 aromatic rings. The van der Waals surface area contributed by atoms with E-state index in [0.29, 0.717) is 18.5 Å². The number of methoxy groups -OCH3 is 1. The first-order valence-corrected chi connectivity index (χ1v) is 12.1. The fourth-order valence-corrected chi connectivity index (χ4v) is 3.42. The Hall–Kier alpha value is -3.10. The highest BCUT2D eigenvalue weighted by Gasteiger charge is 2.34. The number of alkyl carbamates (subject to hydrolysis) is 1. The number of benzene rings is 1. The summed E-state index contributed by atoms with van der Waals surface area (Å²) in [6, 6.07) is 5.37. The van der Waals surface area contributed by atoms with E-state index in [1.165, 1.54) is 12.0 Å². The Balaban J connectivity index is 3.27. The van der Waals surface area contributed by atoms with Crippen molar-refractivity contribution in [3.05, 3.63) is 35.4 Å². The van der Waals surface area contributed by atoms with E-state index >= 15 is 0 Å². The number of hydrogen-bond donors (Lipinski definition) is 2. The molecule has 1 aromatic carbocycles. The second-order valence-electron chi connectivity index (χ2n) is 9.57. The molecule has 0 aliphatic heterocycles. The Labute approximate surface area is 208 Å². The van der Waals surface area contributed by atoms with Gasteiger partial charge in [0, 0.05) is 6.54 Å². The highest BCUT2D eigenvalue weighted by molar-refractivity contribution is 5.93. The van der Waals surface area contributed by atoms with Gasteiger partial charge in [0.25, 0.3) is 0 Å². The average Bonchev–Trinajstić information content (AvgIpc) is 2.78. The third-order valence-electron chi connectivity index (χ3n) is 5.23. The SMILES string of the molecule is CCCCCCN(C(=O)C(C)NC(=O)OC(C)(C)C)C(C(=O)NCC(=O)OC)c1ccc(C)cc1. The monoisotopic (exact) mass is 491 g/mol. The van der Waals surface area contributed by atoms with Crippen molar-refractivity contribution < 1.29 is 28.7 Å². The van der Waals surface area contributed by atoms with Gasteiger partial charge in [0.05, 0.1) is 7.11 Å². The second-order valence-corrected chi connectivity index (χ2v) is 9.57. The van der Waals surface area contributed by atoms with Crippen molar-refractivity contribution >= 4 is 23.9 Å². The molecule has 0 fully saturated rings. The van der Waals surface area contributed by atoms with Gasteiger partial charge in [0.1, 0.15) is 24.2 Å². The third kappa shape index (κ3) is 10.8. The van der Waals surface area contributed by atoms with E-state index in [2.05, 4.69) is 22.3 Å². The Morgan fingerprint density at radius 2 is 1.66 bits per heavy atom. The molecule has 196 valence electrons. The van der Waals surface area contributed by atoms with Gasteiger partial charge < -0.3 is 25.0 Å². The average molecular weight is 492 g/mol. The maximum absolute atomic E-state index is 13.6. The lowest BCUT2D eigenvalue weighted by Crippen LogP contribution is -2.52. The van der Waals surface area contributed by atoms with Crippen molar-refractivity contribution in [2.45, 2.75) is 84.9 Å². The van der Waals surface area contributed by atoms with Crippen LogP contribution in [0.1, 0.15) is 77.5 Å². The number of aryl methyl sites for hydroxylation is 1. The van der Waals surface area contributed by atoms with Gasteiger partial charge in [-0.05, 0) is 46.6 Å². The fraction of sp³-hybridized carbons (Fsp3) is 0.615. The van der Waals surface area contributed by atoms with Gasteiger partial charge >= 0.3 is 12.1 Å². The molecule has 0 aliphatic carbocycles. The fourth-order valence-electron chi connectivity index (χ4n) is 3.42. The zero-order valence-corrected chi connectivity index (χ0v) is 22.1. The molecule has 2 unspecified atom stereocenters. The van der Waals surface area contributed by atoms with Crippen LogP contribution in [0.4, 0.5) is 4.79 Å². The number of carbonyl (C=O) groups is 4. The first kappa shape index (κ1) is 29.9. The third-order valence-corrected chi connectivity index (χ3v) is 5.23. The first-order chi connectivity index (χ1) is 16.4. The largest absolute Gasteiger partial charge is 0.468 e. The lowest BCUT2D eigenvalue weighted by atomic mass is 10.0. The molecule has 1 rings (SSSR count). The van der Waals surface area contributed by atoms with Crippen molar-refractivity contribution in [3.63, 3.8) is 0 Å². The molecule has 35 heavy (non-hydrogen) atoms. The topological polar surface area (TPSA) is 114 Å². The molecule has 9 heteroatoms. The number of esters is 1. The van der Waals surface area contributed by atoms with E-state index in [0.717, 1.165) is 24.8 Å². The summed E-state index contributed by atoms with van der Waals surface area (Å²) in [6.07, 6.45) is 2.87. The summed E-state index contributed by atoms with van der Waals surface area (Å²) in [6.45, 7) is 10.8.